The number of carbonyl (C=O) groups excluding carboxylic acids is 1. The quantitative estimate of drug-likeness (QED) is 0.639. The number of amides is 1. The molecule has 1 N–H and O–H groups in total. The zero-order chi connectivity index (χ0) is 16.6. The molecular weight excluding hydrogens is 336 g/mol. The van der Waals surface area contributed by atoms with Gasteiger partial charge in [0.15, 0.2) is 0 Å². The Balaban J connectivity index is 1.57. The van der Waals surface area contributed by atoms with Crippen LogP contribution >= 0.6 is 23.1 Å². The van der Waals surface area contributed by atoms with Gasteiger partial charge in [-0.15, -0.1) is 23.1 Å². The average molecular weight is 355 g/mol. The smallest absolute Gasteiger partial charge is 0.252 e. The molecule has 2 aromatic carbocycles. The van der Waals surface area contributed by atoms with Crippen LogP contribution in [0.4, 0.5) is 0 Å². The maximum atomic E-state index is 12.5. The number of rotatable bonds is 7. The lowest BCUT2D eigenvalue weighted by Crippen LogP contribution is -2.26. The third kappa shape index (κ3) is 4.69. The Bertz CT molecular complexity index is 773. The van der Waals surface area contributed by atoms with Gasteiger partial charge in [-0.05, 0) is 24.1 Å². The molecule has 0 spiro atoms. The number of carbonyl (C=O) groups is 1. The topological polar surface area (TPSA) is 42.0 Å². The van der Waals surface area contributed by atoms with E-state index in [0.29, 0.717) is 6.54 Å². The van der Waals surface area contributed by atoms with E-state index in [1.54, 1.807) is 23.1 Å². The molecule has 3 aromatic rings. The van der Waals surface area contributed by atoms with Crippen LogP contribution in [-0.4, -0.2) is 17.4 Å². The fraction of sp³-hybridized carbons (Fsp3) is 0.158. The first kappa shape index (κ1) is 16.7. The third-order valence-corrected chi connectivity index (χ3v) is 5.28. The van der Waals surface area contributed by atoms with Crippen molar-refractivity contribution in [2.24, 2.45) is 0 Å². The van der Waals surface area contributed by atoms with Crippen LogP contribution in [0, 0.1) is 0 Å². The predicted molar refractivity (Wildman–Crippen MR) is 101 cm³/mol. The first-order valence-electron chi connectivity index (χ1n) is 7.74. The molecule has 5 heteroatoms. The van der Waals surface area contributed by atoms with Gasteiger partial charge in [-0.1, -0.05) is 42.5 Å². The number of nitrogens with one attached hydrogen (secondary N) is 1. The fourth-order valence-electron chi connectivity index (χ4n) is 2.30. The highest BCUT2D eigenvalue weighted by Gasteiger charge is 2.11. The summed E-state index contributed by atoms with van der Waals surface area (Å²) in [5, 5.41) is 5.05. The second-order valence-electron chi connectivity index (χ2n) is 5.26. The summed E-state index contributed by atoms with van der Waals surface area (Å²) >= 11 is 3.24. The summed E-state index contributed by atoms with van der Waals surface area (Å²) in [7, 11) is 0. The molecule has 1 aromatic heterocycles. The van der Waals surface area contributed by atoms with Crippen LogP contribution in [0.3, 0.4) is 0 Å². The van der Waals surface area contributed by atoms with Crippen LogP contribution in [0.1, 0.15) is 21.6 Å². The van der Waals surface area contributed by atoms with Gasteiger partial charge in [0.2, 0.25) is 0 Å². The van der Waals surface area contributed by atoms with Gasteiger partial charge in [-0.3, -0.25) is 4.79 Å². The van der Waals surface area contributed by atoms with Crippen molar-refractivity contribution in [1.29, 1.82) is 0 Å². The van der Waals surface area contributed by atoms with E-state index in [9.17, 15) is 4.79 Å². The molecule has 122 valence electrons. The number of thioether (sulfide) groups is 1. The van der Waals surface area contributed by atoms with Crippen LogP contribution in [0.5, 0.6) is 0 Å². The molecular formula is C19H18N2OS2. The summed E-state index contributed by atoms with van der Waals surface area (Å²) in [6.07, 6.45) is 0.834. The Labute approximate surface area is 150 Å². The van der Waals surface area contributed by atoms with Crippen LogP contribution in [0.25, 0.3) is 0 Å². The van der Waals surface area contributed by atoms with E-state index < -0.39 is 0 Å². The minimum atomic E-state index is -0.0210. The molecule has 0 atom stereocenters. The van der Waals surface area contributed by atoms with Gasteiger partial charge in [0.25, 0.3) is 5.91 Å². The summed E-state index contributed by atoms with van der Waals surface area (Å²) in [5.41, 5.74) is 4.83. The van der Waals surface area contributed by atoms with Crippen molar-refractivity contribution >= 4 is 29.0 Å². The van der Waals surface area contributed by atoms with Gasteiger partial charge in [-0.25, -0.2) is 4.98 Å². The molecule has 0 radical (unpaired) electrons. The van der Waals surface area contributed by atoms with Crippen molar-refractivity contribution in [2.45, 2.75) is 17.1 Å². The SMILES string of the molecule is O=C(NCCc1ccccc1)c1ccccc1SCc1cscn1. The molecule has 0 bridgehead atoms. The Morgan fingerprint density at radius 2 is 1.88 bits per heavy atom. The molecule has 0 aliphatic heterocycles. The van der Waals surface area contributed by atoms with Crippen molar-refractivity contribution in [2.75, 3.05) is 6.54 Å². The summed E-state index contributed by atoms with van der Waals surface area (Å²) < 4.78 is 0. The van der Waals surface area contributed by atoms with Crippen LogP contribution < -0.4 is 5.32 Å². The molecule has 0 fully saturated rings. The molecule has 0 aliphatic carbocycles. The zero-order valence-corrected chi connectivity index (χ0v) is 14.8. The lowest BCUT2D eigenvalue weighted by molar-refractivity contribution is 0.0951. The van der Waals surface area contributed by atoms with Gasteiger partial charge in [-0.2, -0.15) is 0 Å². The van der Waals surface area contributed by atoms with E-state index in [-0.39, 0.29) is 5.91 Å². The molecule has 0 aliphatic rings. The molecule has 0 saturated carbocycles. The number of hydrogen-bond acceptors (Lipinski definition) is 4. The van der Waals surface area contributed by atoms with Gasteiger partial charge in [0.05, 0.1) is 16.8 Å². The Morgan fingerprint density at radius 1 is 1.08 bits per heavy atom. The van der Waals surface area contributed by atoms with Crippen molar-refractivity contribution in [3.8, 4) is 0 Å². The highest BCUT2D eigenvalue weighted by molar-refractivity contribution is 7.98. The molecule has 0 saturated heterocycles. The van der Waals surface area contributed by atoms with Crippen LogP contribution in [0.2, 0.25) is 0 Å². The number of hydrogen-bond donors (Lipinski definition) is 1. The predicted octanol–water partition coefficient (Wildman–Crippen LogP) is 4.41. The second kappa shape index (κ2) is 8.66. The first-order chi connectivity index (χ1) is 11.8. The molecule has 3 rings (SSSR count). The molecule has 1 amide bonds. The standard InChI is InChI=1S/C19H18N2OS2/c22-19(20-11-10-15-6-2-1-3-7-15)17-8-4-5-9-18(17)24-13-16-12-23-14-21-16/h1-9,12,14H,10-11,13H2,(H,20,22). The number of benzene rings is 2. The monoisotopic (exact) mass is 354 g/mol. The van der Waals surface area contributed by atoms with Gasteiger partial charge < -0.3 is 5.32 Å². The van der Waals surface area contributed by atoms with Crippen molar-refractivity contribution in [3.63, 3.8) is 0 Å². The summed E-state index contributed by atoms with van der Waals surface area (Å²) in [6.45, 7) is 0.633. The second-order valence-corrected chi connectivity index (χ2v) is 6.99. The number of thiazole rings is 1. The van der Waals surface area contributed by atoms with Gasteiger partial charge >= 0.3 is 0 Å². The summed E-state index contributed by atoms with van der Waals surface area (Å²) in [5.74, 6) is 0.755. The maximum absolute atomic E-state index is 12.5. The fourth-order valence-corrected chi connectivity index (χ4v) is 3.92. The lowest BCUT2D eigenvalue weighted by atomic mass is 10.1. The Hall–Kier alpha value is -2.11. The Morgan fingerprint density at radius 3 is 2.67 bits per heavy atom. The van der Waals surface area contributed by atoms with Crippen molar-refractivity contribution in [3.05, 3.63) is 82.3 Å². The van der Waals surface area contributed by atoms with Crippen molar-refractivity contribution < 1.29 is 4.79 Å². The molecule has 24 heavy (non-hydrogen) atoms. The highest BCUT2D eigenvalue weighted by atomic mass is 32.2. The van der Waals surface area contributed by atoms with E-state index in [1.165, 1.54) is 5.56 Å². The molecule has 3 nitrogen and oxygen atoms in total. The van der Waals surface area contributed by atoms with E-state index in [4.69, 9.17) is 0 Å². The first-order valence-corrected chi connectivity index (χ1v) is 9.67. The van der Waals surface area contributed by atoms with Crippen LogP contribution in [-0.2, 0) is 12.2 Å². The zero-order valence-electron chi connectivity index (χ0n) is 13.1. The lowest BCUT2D eigenvalue weighted by Gasteiger charge is -2.09. The van der Waals surface area contributed by atoms with Gasteiger partial charge in [0.1, 0.15) is 0 Å². The summed E-state index contributed by atoms with van der Waals surface area (Å²) in [4.78, 5) is 17.8. The minimum Gasteiger partial charge on any atom is -0.352 e. The van der Waals surface area contributed by atoms with E-state index in [2.05, 4.69) is 22.4 Å². The van der Waals surface area contributed by atoms with E-state index in [1.807, 2.05) is 53.4 Å². The number of aromatic nitrogens is 1. The minimum absolute atomic E-state index is 0.0210. The normalized spacial score (nSPS) is 10.5. The Kier molecular flexibility index (Phi) is 6.04. The van der Waals surface area contributed by atoms with E-state index in [0.717, 1.165) is 28.3 Å². The molecule has 0 unspecified atom stereocenters. The highest BCUT2D eigenvalue weighted by Crippen LogP contribution is 2.26. The van der Waals surface area contributed by atoms with Gasteiger partial charge in [0, 0.05) is 22.6 Å². The van der Waals surface area contributed by atoms with Crippen molar-refractivity contribution in [1.82, 2.24) is 10.3 Å². The average Bonchev–Trinajstić information content (AvgIpc) is 3.14. The summed E-state index contributed by atoms with van der Waals surface area (Å²) in [6, 6.07) is 17.9. The number of nitrogens with zero attached hydrogens (tertiary/aromatic N) is 1. The third-order valence-electron chi connectivity index (χ3n) is 3.53. The van der Waals surface area contributed by atoms with Crippen LogP contribution in [0.15, 0.2) is 70.4 Å². The molecule has 1 heterocycles. The maximum Gasteiger partial charge on any atom is 0.252 e. The van der Waals surface area contributed by atoms with E-state index >= 15 is 0 Å². The largest absolute Gasteiger partial charge is 0.352 e.